The number of hydrogen-bond donors (Lipinski definition) is 1. The summed E-state index contributed by atoms with van der Waals surface area (Å²) in [5.74, 6) is -0.420. The number of rotatable bonds is 6. The lowest BCUT2D eigenvalue weighted by molar-refractivity contribution is -0.384. The number of morpholine rings is 1. The fourth-order valence-electron chi connectivity index (χ4n) is 3.27. The Hall–Kier alpha value is -2.72. The third kappa shape index (κ3) is 4.39. The number of fused-ring (bicyclic) bond motifs is 1. The first kappa shape index (κ1) is 20.0. The zero-order chi connectivity index (χ0) is 20.3. The molecule has 0 bridgehead atoms. The fraction of sp³-hybridized carbons (Fsp3) is 0.556. The first-order valence-electron chi connectivity index (χ1n) is 9.09. The molecule has 1 aromatic carbocycles. The molecular weight excluding hydrogens is 368 g/mol. The minimum absolute atomic E-state index is 0.170. The SMILES string of the molecule is CC(C)(CNC(=O)CN1C(=O)COc2ccc([N+](=O)[O-])cc21)N1CCOCC1. The lowest BCUT2D eigenvalue weighted by atomic mass is 10.0. The van der Waals surface area contributed by atoms with Gasteiger partial charge in [0.1, 0.15) is 12.3 Å². The second-order valence-corrected chi connectivity index (χ2v) is 7.37. The van der Waals surface area contributed by atoms with Gasteiger partial charge >= 0.3 is 0 Å². The van der Waals surface area contributed by atoms with Crippen LogP contribution in [0.3, 0.4) is 0 Å². The van der Waals surface area contributed by atoms with Gasteiger partial charge in [-0.25, -0.2) is 0 Å². The van der Waals surface area contributed by atoms with E-state index in [9.17, 15) is 19.7 Å². The summed E-state index contributed by atoms with van der Waals surface area (Å²) < 4.78 is 10.7. The van der Waals surface area contributed by atoms with Crippen LogP contribution < -0.4 is 15.0 Å². The molecule has 0 radical (unpaired) electrons. The van der Waals surface area contributed by atoms with Crippen LogP contribution in [0.5, 0.6) is 5.75 Å². The summed E-state index contributed by atoms with van der Waals surface area (Å²) in [5, 5.41) is 13.9. The molecule has 2 heterocycles. The van der Waals surface area contributed by atoms with Crippen LogP contribution in [0.4, 0.5) is 11.4 Å². The summed E-state index contributed by atoms with van der Waals surface area (Å²) in [6.45, 7) is 6.96. The van der Waals surface area contributed by atoms with Gasteiger partial charge in [-0.05, 0) is 19.9 Å². The third-order valence-electron chi connectivity index (χ3n) is 4.98. The summed E-state index contributed by atoms with van der Waals surface area (Å²) in [6, 6.07) is 3.99. The molecule has 28 heavy (non-hydrogen) atoms. The Morgan fingerprint density at radius 2 is 2.04 bits per heavy atom. The molecule has 2 aliphatic heterocycles. The van der Waals surface area contributed by atoms with E-state index in [4.69, 9.17) is 9.47 Å². The van der Waals surface area contributed by atoms with Gasteiger partial charge in [0.15, 0.2) is 6.61 Å². The summed E-state index contributed by atoms with van der Waals surface area (Å²) in [6.07, 6.45) is 0. The van der Waals surface area contributed by atoms with Crippen molar-refractivity contribution in [1.82, 2.24) is 10.2 Å². The molecular formula is C18H24N4O6. The number of hydrogen-bond acceptors (Lipinski definition) is 7. The normalized spacial score (nSPS) is 17.6. The number of nitro benzene ring substituents is 1. The van der Waals surface area contributed by atoms with Gasteiger partial charge in [0.25, 0.3) is 11.6 Å². The van der Waals surface area contributed by atoms with Crippen LogP contribution in [-0.2, 0) is 14.3 Å². The number of amides is 2. The Bertz CT molecular complexity index is 775. The Morgan fingerprint density at radius 3 is 2.71 bits per heavy atom. The molecule has 1 saturated heterocycles. The van der Waals surface area contributed by atoms with Crippen molar-refractivity contribution in [1.29, 1.82) is 0 Å². The zero-order valence-electron chi connectivity index (χ0n) is 16.0. The number of non-ortho nitro benzene ring substituents is 1. The van der Waals surface area contributed by atoms with Gasteiger partial charge in [-0.1, -0.05) is 0 Å². The lowest BCUT2D eigenvalue weighted by Gasteiger charge is -2.41. The highest BCUT2D eigenvalue weighted by atomic mass is 16.6. The predicted octanol–water partition coefficient (Wildman–Crippen LogP) is 0.547. The van der Waals surface area contributed by atoms with Crippen LogP contribution in [0.2, 0.25) is 0 Å². The van der Waals surface area contributed by atoms with Crippen molar-refractivity contribution >= 4 is 23.2 Å². The predicted molar refractivity (Wildman–Crippen MR) is 100 cm³/mol. The zero-order valence-corrected chi connectivity index (χ0v) is 16.0. The number of nitro groups is 1. The average molecular weight is 392 g/mol. The molecule has 0 aromatic heterocycles. The number of carbonyl (C=O) groups excluding carboxylic acids is 2. The molecule has 3 rings (SSSR count). The maximum absolute atomic E-state index is 12.5. The molecule has 152 valence electrons. The largest absolute Gasteiger partial charge is 0.482 e. The third-order valence-corrected chi connectivity index (χ3v) is 4.98. The van der Waals surface area contributed by atoms with E-state index in [0.29, 0.717) is 25.5 Å². The first-order chi connectivity index (χ1) is 13.3. The van der Waals surface area contributed by atoms with Gasteiger partial charge in [-0.2, -0.15) is 0 Å². The van der Waals surface area contributed by atoms with Crippen molar-refractivity contribution in [3.8, 4) is 5.75 Å². The van der Waals surface area contributed by atoms with E-state index < -0.39 is 10.8 Å². The Labute approximate surface area is 162 Å². The minimum Gasteiger partial charge on any atom is -0.482 e. The standard InChI is InChI=1S/C18H24N4O6/c1-18(2,20-5-7-27-8-6-20)12-19-16(23)10-21-14-9-13(22(25)26)3-4-15(14)28-11-17(21)24/h3-4,9H,5-8,10-12H2,1-2H3,(H,19,23). The first-order valence-corrected chi connectivity index (χ1v) is 9.09. The molecule has 1 fully saturated rings. The van der Waals surface area contributed by atoms with Gasteiger partial charge in [-0.3, -0.25) is 29.5 Å². The Balaban J connectivity index is 1.66. The van der Waals surface area contributed by atoms with E-state index in [1.54, 1.807) is 0 Å². The second-order valence-electron chi connectivity index (χ2n) is 7.37. The van der Waals surface area contributed by atoms with Gasteiger partial charge in [-0.15, -0.1) is 0 Å². The van der Waals surface area contributed by atoms with Crippen LogP contribution in [0, 0.1) is 10.1 Å². The fourth-order valence-corrected chi connectivity index (χ4v) is 3.27. The van der Waals surface area contributed by atoms with Gasteiger partial charge in [0, 0.05) is 37.3 Å². The number of nitrogens with one attached hydrogen (secondary N) is 1. The highest BCUT2D eigenvalue weighted by Crippen LogP contribution is 2.35. The van der Waals surface area contributed by atoms with E-state index in [1.165, 1.54) is 23.1 Å². The smallest absolute Gasteiger partial charge is 0.271 e. The number of ether oxygens (including phenoxy) is 2. The van der Waals surface area contributed by atoms with E-state index in [1.807, 2.05) is 13.8 Å². The molecule has 0 unspecified atom stereocenters. The molecule has 1 aromatic rings. The van der Waals surface area contributed by atoms with Crippen molar-refractivity contribution in [3.63, 3.8) is 0 Å². The van der Waals surface area contributed by atoms with Gasteiger partial charge in [0.2, 0.25) is 5.91 Å². The number of anilines is 1. The summed E-state index contributed by atoms with van der Waals surface area (Å²) in [5.41, 5.74) is -0.200. The van der Waals surface area contributed by atoms with Crippen molar-refractivity contribution < 1.29 is 24.0 Å². The molecule has 0 spiro atoms. The summed E-state index contributed by atoms with van der Waals surface area (Å²) in [7, 11) is 0. The van der Waals surface area contributed by atoms with E-state index in [0.717, 1.165) is 13.1 Å². The molecule has 10 heteroatoms. The quantitative estimate of drug-likeness (QED) is 0.555. The van der Waals surface area contributed by atoms with E-state index in [-0.39, 0.29) is 36.0 Å². The minimum atomic E-state index is -0.553. The van der Waals surface area contributed by atoms with Crippen LogP contribution in [0.1, 0.15) is 13.8 Å². The lowest BCUT2D eigenvalue weighted by Crippen LogP contribution is -2.56. The Morgan fingerprint density at radius 1 is 1.32 bits per heavy atom. The maximum atomic E-state index is 12.5. The molecule has 2 amide bonds. The van der Waals surface area contributed by atoms with Gasteiger partial charge in [0.05, 0.1) is 23.8 Å². The highest BCUT2D eigenvalue weighted by Gasteiger charge is 2.31. The molecule has 0 atom stereocenters. The van der Waals surface area contributed by atoms with Crippen molar-refractivity contribution in [2.75, 3.05) is 50.9 Å². The maximum Gasteiger partial charge on any atom is 0.271 e. The molecule has 10 nitrogen and oxygen atoms in total. The van der Waals surface area contributed by atoms with Crippen molar-refractivity contribution in [3.05, 3.63) is 28.3 Å². The number of nitrogens with zero attached hydrogens (tertiary/aromatic N) is 3. The molecule has 0 aliphatic carbocycles. The van der Waals surface area contributed by atoms with Crippen molar-refractivity contribution in [2.45, 2.75) is 19.4 Å². The molecule has 2 aliphatic rings. The molecule has 1 N–H and O–H groups in total. The monoisotopic (exact) mass is 392 g/mol. The number of benzene rings is 1. The summed E-state index contributed by atoms with van der Waals surface area (Å²) >= 11 is 0. The van der Waals surface area contributed by atoms with Crippen LogP contribution in [-0.4, -0.2) is 73.2 Å². The van der Waals surface area contributed by atoms with Crippen LogP contribution in [0.25, 0.3) is 0 Å². The topological polar surface area (TPSA) is 114 Å². The van der Waals surface area contributed by atoms with Crippen LogP contribution in [0.15, 0.2) is 18.2 Å². The van der Waals surface area contributed by atoms with Crippen LogP contribution >= 0.6 is 0 Å². The summed E-state index contributed by atoms with van der Waals surface area (Å²) in [4.78, 5) is 38.7. The van der Waals surface area contributed by atoms with Crippen molar-refractivity contribution in [2.24, 2.45) is 0 Å². The highest BCUT2D eigenvalue weighted by molar-refractivity contribution is 6.02. The molecule has 0 saturated carbocycles. The number of carbonyl (C=O) groups is 2. The van der Waals surface area contributed by atoms with E-state index >= 15 is 0 Å². The van der Waals surface area contributed by atoms with E-state index in [2.05, 4.69) is 10.2 Å². The van der Waals surface area contributed by atoms with Gasteiger partial charge < -0.3 is 14.8 Å². The second kappa shape index (κ2) is 8.11. The average Bonchev–Trinajstić information content (AvgIpc) is 2.69. The Kier molecular flexibility index (Phi) is 5.80.